The number of nitrogens with zero attached hydrogens (tertiary/aromatic N) is 2. The average molecular weight is 401 g/mol. The molecular weight excluding hydrogens is 378 g/mol. The third-order valence-electron chi connectivity index (χ3n) is 5.53. The number of hydrogen-bond acceptors (Lipinski definition) is 8. The van der Waals surface area contributed by atoms with Crippen molar-refractivity contribution in [3.05, 3.63) is 20.7 Å². The maximum Gasteiger partial charge on any atom is 0.353 e. The first-order valence-corrected chi connectivity index (χ1v) is 9.70. The second kappa shape index (κ2) is 7.38. The molecule has 0 aromatic rings. The number of aliphatic hydroxyl groups excluding tert-OH is 2. The van der Waals surface area contributed by atoms with Crippen LogP contribution < -0.4 is 5.32 Å². The predicted molar refractivity (Wildman–Crippen MR) is 95.3 cm³/mol. The number of rotatable bonds is 7. The molecule has 0 bridgehead atoms. The van der Waals surface area contributed by atoms with E-state index in [0.29, 0.717) is 17.9 Å². The quantitative estimate of drug-likeness (QED) is 0.245. The van der Waals surface area contributed by atoms with Gasteiger partial charge in [0.2, 0.25) is 12.5 Å². The van der Waals surface area contributed by atoms with Crippen molar-refractivity contribution >= 4 is 23.6 Å². The fourth-order valence-corrected chi connectivity index (χ4v) is 5.75. The number of β-lactam (4-membered cyclic amide) rings is 1. The van der Waals surface area contributed by atoms with Crippen molar-refractivity contribution in [1.29, 1.82) is 0 Å². The Hall–Kier alpha value is -1.69. The molecule has 11 heteroatoms. The van der Waals surface area contributed by atoms with Crippen molar-refractivity contribution < 1.29 is 29.8 Å². The van der Waals surface area contributed by atoms with Gasteiger partial charge in [0.1, 0.15) is 11.8 Å². The first kappa shape index (κ1) is 20.1. The van der Waals surface area contributed by atoms with E-state index in [4.69, 9.17) is 0 Å². The number of aliphatic hydroxyl groups is 2. The number of carbonyl (C=O) groups is 2. The Labute approximate surface area is 159 Å². The standard InChI is InChI=1S/C16H23N3O7S/c1-6-12-11(7(2)20)15(22)19(12)13(16(23)24)14(6)27-8-3-9(17-4-8)10(21)5-18(25)26/h6-12,17,20-21H,3-5H2,1-2H3,(H,23,24)/t6-,7-,8+,9+,10-,11-,12-/m1/s1. The number of carboxylic acids is 1. The van der Waals surface area contributed by atoms with Gasteiger partial charge in [-0.25, -0.2) is 4.79 Å². The van der Waals surface area contributed by atoms with Crippen molar-refractivity contribution in [2.75, 3.05) is 13.1 Å². The molecule has 3 aliphatic heterocycles. The van der Waals surface area contributed by atoms with E-state index in [-0.39, 0.29) is 28.8 Å². The Morgan fingerprint density at radius 2 is 2.15 bits per heavy atom. The Bertz CT molecular complexity index is 698. The number of hydrogen-bond donors (Lipinski definition) is 4. The molecule has 2 saturated heterocycles. The largest absolute Gasteiger partial charge is 0.477 e. The minimum atomic E-state index is -1.18. The molecule has 1 amide bonds. The summed E-state index contributed by atoms with van der Waals surface area (Å²) in [6, 6.07) is -0.793. The highest BCUT2D eigenvalue weighted by atomic mass is 32.2. The number of fused-ring (bicyclic) bond motifs is 1. The summed E-state index contributed by atoms with van der Waals surface area (Å²) in [5, 5.41) is 42.9. The van der Waals surface area contributed by atoms with Gasteiger partial charge in [-0.2, -0.15) is 0 Å². The number of thioether (sulfide) groups is 1. The highest BCUT2D eigenvalue weighted by Gasteiger charge is 2.60. The normalized spacial score (nSPS) is 35.0. The number of amides is 1. The zero-order valence-electron chi connectivity index (χ0n) is 14.9. The number of aliphatic carboxylic acids is 1. The lowest BCUT2D eigenvalue weighted by molar-refractivity contribution is -0.491. The molecule has 3 rings (SSSR count). The molecule has 0 spiro atoms. The van der Waals surface area contributed by atoms with Gasteiger partial charge in [-0.15, -0.1) is 11.8 Å². The lowest BCUT2D eigenvalue weighted by atomic mass is 9.79. The van der Waals surface area contributed by atoms with Crippen LogP contribution in [0.4, 0.5) is 0 Å². The lowest BCUT2D eigenvalue weighted by Gasteiger charge is -2.46. The highest BCUT2D eigenvalue weighted by Crippen LogP contribution is 2.51. The molecule has 4 N–H and O–H groups in total. The lowest BCUT2D eigenvalue weighted by Crippen LogP contribution is -2.63. The SMILES string of the molecule is C[C@@H](O)[C@H]1C(=O)N2C(C(=O)O)=C(S[C@@H]3CN[C@H]([C@H](O)C[N+](=O)[O-])C3)[C@H](C)[C@H]12. The molecule has 3 aliphatic rings. The minimum absolute atomic E-state index is 0.0336. The Morgan fingerprint density at radius 3 is 2.70 bits per heavy atom. The van der Waals surface area contributed by atoms with Gasteiger partial charge in [0.05, 0.1) is 18.1 Å². The Kier molecular flexibility index (Phi) is 5.48. The van der Waals surface area contributed by atoms with E-state index in [1.807, 2.05) is 6.92 Å². The van der Waals surface area contributed by atoms with Gasteiger partial charge in [-0.3, -0.25) is 14.9 Å². The van der Waals surface area contributed by atoms with Crippen molar-refractivity contribution in [1.82, 2.24) is 10.2 Å². The van der Waals surface area contributed by atoms with E-state index in [1.165, 1.54) is 23.6 Å². The van der Waals surface area contributed by atoms with Gasteiger partial charge in [-0.1, -0.05) is 6.92 Å². The highest BCUT2D eigenvalue weighted by molar-refractivity contribution is 8.03. The number of nitrogens with one attached hydrogen (secondary N) is 1. The summed E-state index contributed by atoms with van der Waals surface area (Å²) < 4.78 is 0. The van der Waals surface area contributed by atoms with E-state index in [1.54, 1.807) is 0 Å². The molecule has 10 nitrogen and oxygen atoms in total. The van der Waals surface area contributed by atoms with Crippen LogP contribution >= 0.6 is 11.8 Å². The van der Waals surface area contributed by atoms with Gasteiger partial charge in [0.25, 0.3) is 0 Å². The molecular formula is C16H23N3O7S. The van der Waals surface area contributed by atoms with Crippen LogP contribution in [-0.4, -0.2) is 79.7 Å². The topological polar surface area (TPSA) is 153 Å². The molecule has 3 heterocycles. The molecule has 0 unspecified atom stereocenters. The third-order valence-corrected chi connectivity index (χ3v) is 7.04. The summed E-state index contributed by atoms with van der Waals surface area (Å²) in [5.74, 6) is -2.39. The van der Waals surface area contributed by atoms with E-state index in [0.717, 1.165) is 0 Å². The summed E-state index contributed by atoms with van der Waals surface area (Å²) in [4.78, 5) is 36.0. The van der Waals surface area contributed by atoms with Crippen LogP contribution in [0.15, 0.2) is 10.6 Å². The van der Waals surface area contributed by atoms with Crippen molar-refractivity contribution in [2.45, 2.75) is 49.8 Å². The zero-order chi connectivity index (χ0) is 20.0. The summed E-state index contributed by atoms with van der Waals surface area (Å²) in [7, 11) is 0. The fraction of sp³-hybridized carbons (Fsp3) is 0.750. The molecule has 0 aliphatic carbocycles. The summed E-state index contributed by atoms with van der Waals surface area (Å²) >= 11 is 1.34. The van der Waals surface area contributed by atoms with E-state index in [2.05, 4.69) is 5.32 Å². The van der Waals surface area contributed by atoms with Gasteiger partial charge >= 0.3 is 5.97 Å². The van der Waals surface area contributed by atoms with Gasteiger partial charge in [0.15, 0.2) is 0 Å². The zero-order valence-corrected chi connectivity index (χ0v) is 15.8. The minimum Gasteiger partial charge on any atom is -0.477 e. The van der Waals surface area contributed by atoms with E-state index < -0.39 is 41.6 Å². The number of nitro groups is 1. The second-order valence-electron chi connectivity index (χ2n) is 7.34. The van der Waals surface area contributed by atoms with Gasteiger partial charge in [-0.05, 0) is 13.3 Å². The van der Waals surface area contributed by atoms with Gasteiger partial charge in [0, 0.05) is 33.6 Å². The number of carbonyl (C=O) groups excluding carboxylic acids is 1. The molecule has 0 aromatic carbocycles. The van der Waals surface area contributed by atoms with Crippen LogP contribution in [0.1, 0.15) is 20.3 Å². The van der Waals surface area contributed by atoms with Crippen molar-refractivity contribution in [3.8, 4) is 0 Å². The third kappa shape index (κ3) is 3.44. The first-order chi connectivity index (χ1) is 12.6. The maximum absolute atomic E-state index is 12.3. The van der Waals surface area contributed by atoms with Crippen LogP contribution in [0.25, 0.3) is 0 Å². The molecule has 150 valence electrons. The van der Waals surface area contributed by atoms with Crippen molar-refractivity contribution in [2.24, 2.45) is 11.8 Å². The van der Waals surface area contributed by atoms with Crippen LogP contribution in [-0.2, 0) is 9.59 Å². The van der Waals surface area contributed by atoms with Crippen LogP contribution in [0.2, 0.25) is 0 Å². The molecule has 7 atom stereocenters. The van der Waals surface area contributed by atoms with Crippen LogP contribution in [0.5, 0.6) is 0 Å². The maximum atomic E-state index is 12.3. The number of carboxylic acid groups (broad SMARTS) is 1. The fourth-order valence-electron chi connectivity index (χ4n) is 4.25. The Balaban J connectivity index is 1.74. The monoisotopic (exact) mass is 401 g/mol. The average Bonchev–Trinajstić information content (AvgIpc) is 3.10. The molecule has 27 heavy (non-hydrogen) atoms. The van der Waals surface area contributed by atoms with Crippen molar-refractivity contribution in [3.63, 3.8) is 0 Å². The van der Waals surface area contributed by atoms with Crippen LogP contribution in [0, 0.1) is 22.0 Å². The van der Waals surface area contributed by atoms with E-state index >= 15 is 0 Å². The predicted octanol–water partition coefficient (Wildman–Crippen LogP) is -0.759. The molecule has 0 saturated carbocycles. The van der Waals surface area contributed by atoms with Gasteiger partial charge < -0.3 is 25.5 Å². The van der Waals surface area contributed by atoms with Crippen LogP contribution in [0.3, 0.4) is 0 Å². The summed E-state index contributed by atoms with van der Waals surface area (Å²) in [6.07, 6.45) is -1.50. The Morgan fingerprint density at radius 1 is 1.48 bits per heavy atom. The van der Waals surface area contributed by atoms with E-state index in [9.17, 15) is 35.0 Å². The molecule has 0 aromatic heterocycles. The second-order valence-corrected chi connectivity index (χ2v) is 8.69. The first-order valence-electron chi connectivity index (χ1n) is 8.82. The molecule has 0 radical (unpaired) electrons. The summed E-state index contributed by atoms with van der Waals surface area (Å²) in [6.45, 7) is 3.31. The molecule has 2 fully saturated rings. The summed E-state index contributed by atoms with van der Waals surface area (Å²) in [5.41, 5.74) is -0.0336. The smallest absolute Gasteiger partial charge is 0.353 e.